The number of hydrogen-bond acceptors (Lipinski definition) is 5. The van der Waals surface area contributed by atoms with Gasteiger partial charge >= 0.3 is 5.97 Å². The topological polar surface area (TPSA) is 82.1 Å². The summed E-state index contributed by atoms with van der Waals surface area (Å²) in [7, 11) is 4.47. The number of carbonyl (C=O) groups is 2. The molecule has 1 aromatic rings. The first-order valence-electron chi connectivity index (χ1n) is 5.58. The molecule has 0 radical (unpaired) electrons. The number of ether oxygens (including phenoxy) is 3. The number of Topliss-reactive ketones (excluding diaryl/α,β-unsaturated/α-hetero) is 1. The predicted octanol–water partition coefficient (Wildman–Crippen LogP) is 1.30. The van der Waals surface area contributed by atoms with E-state index in [1.54, 1.807) is 12.1 Å². The molecule has 0 fully saturated rings. The summed E-state index contributed by atoms with van der Waals surface area (Å²) in [6, 6.07) is 3.38. The van der Waals surface area contributed by atoms with Gasteiger partial charge in [-0.05, 0) is 24.1 Å². The third kappa shape index (κ3) is 3.61. The van der Waals surface area contributed by atoms with Crippen molar-refractivity contribution in [1.29, 1.82) is 0 Å². The number of hydrogen-bond donors (Lipinski definition) is 1. The molecule has 1 aromatic carbocycles. The largest absolute Gasteiger partial charge is 0.493 e. The lowest BCUT2D eigenvalue weighted by molar-refractivity contribution is -0.149. The highest BCUT2D eigenvalue weighted by Crippen LogP contribution is 2.38. The minimum Gasteiger partial charge on any atom is -0.493 e. The van der Waals surface area contributed by atoms with Crippen molar-refractivity contribution in [3.8, 4) is 17.2 Å². The van der Waals surface area contributed by atoms with Crippen LogP contribution in [-0.2, 0) is 16.0 Å². The summed E-state index contributed by atoms with van der Waals surface area (Å²) >= 11 is 0. The van der Waals surface area contributed by atoms with E-state index in [-0.39, 0.29) is 6.42 Å². The number of benzene rings is 1. The minimum atomic E-state index is -1.42. The van der Waals surface area contributed by atoms with Crippen LogP contribution in [0.3, 0.4) is 0 Å². The van der Waals surface area contributed by atoms with Gasteiger partial charge in [-0.15, -0.1) is 0 Å². The Kier molecular flexibility index (Phi) is 5.17. The van der Waals surface area contributed by atoms with Crippen LogP contribution in [0.5, 0.6) is 17.2 Å². The van der Waals surface area contributed by atoms with Crippen LogP contribution in [-0.4, -0.2) is 38.2 Å². The average Bonchev–Trinajstić information content (AvgIpc) is 2.42. The van der Waals surface area contributed by atoms with Crippen LogP contribution >= 0.6 is 0 Å². The molecule has 0 aliphatic heterocycles. The molecule has 0 aliphatic carbocycles. The van der Waals surface area contributed by atoms with Crippen LogP contribution in [0.1, 0.15) is 12.0 Å². The van der Waals surface area contributed by atoms with Gasteiger partial charge in [-0.1, -0.05) is 0 Å². The second-order valence-corrected chi connectivity index (χ2v) is 3.76. The molecule has 6 nitrogen and oxygen atoms in total. The van der Waals surface area contributed by atoms with Gasteiger partial charge in [-0.3, -0.25) is 4.79 Å². The number of carbonyl (C=O) groups excluding carboxylic acids is 1. The Morgan fingerprint density at radius 2 is 1.58 bits per heavy atom. The Labute approximate surface area is 110 Å². The second-order valence-electron chi connectivity index (χ2n) is 3.76. The quantitative estimate of drug-likeness (QED) is 0.750. The Morgan fingerprint density at radius 1 is 1.05 bits per heavy atom. The van der Waals surface area contributed by atoms with E-state index in [9.17, 15) is 9.59 Å². The molecule has 6 heteroatoms. The maximum absolute atomic E-state index is 11.1. The van der Waals surface area contributed by atoms with Gasteiger partial charge in [0.25, 0.3) is 0 Å². The Balaban J connectivity index is 2.96. The van der Waals surface area contributed by atoms with Crippen LogP contribution in [0.2, 0.25) is 0 Å². The van der Waals surface area contributed by atoms with Gasteiger partial charge in [0.1, 0.15) is 0 Å². The molecular formula is C13H16O6. The molecule has 0 saturated carbocycles. The van der Waals surface area contributed by atoms with Gasteiger partial charge in [0.05, 0.1) is 21.3 Å². The van der Waals surface area contributed by atoms with Crippen LogP contribution in [0.4, 0.5) is 0 Å². The molecule has 0 spiro atoms. The van der Waals surface area contributed by atoms with E-state index in [2.05, 4.69) is 0 Å². The third-order valence-corrected chi connectivity index (χ3v) is 2.60. The molecule has 1 rings (SSSR count). The van der Waals surface area contributed by atoms with Crippen LogP contribution in [0, 0.1) is 0 Å². The van der Waals surface area contributed by atoms with E-state index in [0.717, 1.165) is 5.56 Å². The second kappa shape index (κ2) is 6.63. The molecule has 0 saturated heterocycles. The molecule has 1 N–H and O–H groups in total. The fourth-order valence-electron chi connectivity index (χ4n) is 1.64. The SMILES string of the molecule is COc1cc(CCC(=O)C(=O)O)cc(OC)c1OC. The van der Waals surface area contributed by atoms with Gasteiger partial charge in [-0.2, -0.15) is 0 Å². The Bertz CT molecular complexity index is 455. The zero-order valence-corrected chi connectivity index (χ0v) is 11.1. The highest BCUT2D eigenvalue weighted by atomic mass is 16.5. The van der Waals surface area contributed by atoms with E-state index < -0.39 is 11.8 Å². The zero-order chi connectivity index (χ0) is 14.4. The lowest BCUT2D eigenvalue weighted by Crippen LogP contribution is -2.13. The molecule has 0 amide bonds. The summed E-state index contributed by atoms with van der Waals surface area (Å²) in [6.45, 7) is 0. The molecular weight excluding hydrogens is 252 g/mol. The first-order chi connectivity index (χ1) is 9.03. The van der Waals surface area contributed by atoms with Gasteiger partial charge in [0.2, 0.25) is 11.5 Å². The summed E-state index contributed by atoms with van der Waals surface area (Å²) in [5.41, 5.74) is 0.740. The number of carboxylic acids is 1. The molecule has 104 valence electrons. The maximum Gasteiger partial charge on any atom is 0.372 e. The molecule has 0 heterocycles. The number of carboxylic acid groups (broad SMARTS) is 1. The Morgan fingerprint density at radius 3 is 1.95 bits per heavy atom. The number of ketones is 1. The summed E-state index contributed by atoms with van der Waals surface area (Å²) in [6.07, 6.45) is 0.218. The van der Waals surface area contributed by atoms with Gasteiger partial charge in [-0.25, -0.2) is 4.79 Å². The smallest absolute Gasteiger partial charge is 0.372 e. The molecule has 0 unspecified atom stereocenters. The fraction of sp³-hybridized carbons (Fsp3) is 0.385. The van der Waals surface area contributed by atoms with Crippen molar-refractivity contribution in [2.24, 2.45) is 0 Å². The van der Waals surface area contributed by atoms with Crippen LogP contribution < -0.4 is 14.2 Å². The number of aliphatic carboxylic acids is 1. The predicted molar refractivity (Wildman–Crippen MR) is 67.1 cm³/mol. The molecule has 0 bridgehead atoms. The lowest BCUT2D eigenvalue weighted by Gasteiger charge is -2.13. The van der Waals surface area contributed by atoms with Crippen molar-refractivity contribution in [3.05, 3.63) is 17.7 Å². The monoisotopic (exact) mass is 268 g/mol. The first-order valence-corrected chi connectivity index (χ1v) is 5.58. The van der Waals surface area contributed by atoms with Crippen molar-refractivity contribution < 1.29 is 28.9 Å². The zero-order valence-electron chi connectivity index (χ0n) is 11.1. The van der Waals surface area contributed by atoms with Crippen molar-refractivity contribution >= 4 is 11.8 Å². The highest BCUT2D eigenvalue weighted by Gasteiger charge is 2.15. The lowest BCUT2D eigenvalue weighted by atomic mass is 10.1. The summed E-state index contributed by atoms with van der Waals surface area (Å²) < 4.78 is 15.5. The van der Waals surface area contributed by atoms with Crippen molar-refractivity contribution in [1.82, 2.24) is 0 Å². The van der Waals surface area contributed by atoms with Crippen LogP contribution in [0.15, 0.2) is 12.1 Å². The number of aryl methyl sites for hydroxylation is 1. The van der Waals surface area contributed by atoms with Crippen molar-refractivity contribution in [2.75, 3.05) is 21.3 Å². The van der Waals surface area contributed by atoms with E-state index in [1.165, 1.54) is 21.3 Å². The molecule has 19 heavy (non-hydrogen) atoms. The van der Waals surface area contributed by atoms with E-state index in [1.807, 2.05) is 0 Å². The van der Waals surface area contributed by atoms with E-state index in [4.69, 9.17) is 19.3 Å². The number of methoxy groups -OCH3 is 3. The van der Waals surface area contributed by atoms with E-state index in [0.29, 0.717) is 23.7 Å². The highest BCUT2D eigenvalue weighted by molar-refractivity contribution is 6.32. The normalized spacial score (nSPS) is 9.84. The first kappa shape index (κ1) is 14.8. The molecule has 0 aromatic heterocycles. The van der Waals surface area contributed by atoms with Crippen molar-refractivity contribution in [3.63, 3.8) is 0 Å². The third-order valence-electron chi connectivity index (χ3n) is 2.60. The standard InChI is InChI=1S/C13H16O6/c1-17-10-6-8(4-5-9(14)13(15)16)7-11(18-2)12(10)19-3/h6-7H,4-5H2,1-3H3,(H,15,16). The average molecular weight is 268 g/mol. The van der Waals surface area contributed by atoms with Crippen LogP contribution in [0.25, 0.3) is 0 Å². The Hall–Kier alpha value is -2.24. The number of rotatable bonds is 7. The summed E-state index contributed by atoms with van der Waals surface area (Å²) in [4.78, 5) is 21.5. The summed E-state index contributed by atoms with van der Waals surface area (Å²) in [5, 5.41) is 8.52. The summed E-state index contributed by atoms with van der Waals surface area (Å²) in [5.74, 6) is -0.848. The van der Waals surface area contributed by atoms with Crippen molar-refractivity contribution in [2.45, 2.75) is 12.8 Å². The van der Waals surface area contributed by atoms with Gasteiger partial charge in [0, 0.05) is 6.42 Å². The van der Waals surface area contributed by atoms with Gasteiger partial charge < -0.3 is 19.3 Å². The molecule has 0 atom stereocenters. The molecule has 0 aliphatic rings. The van der Waals surface area contributed by atoms with E-state index >= 15 is 0 Å². The minimum absolute atomic E-state index is 0.0754. The fourth-order valence-corrected chi connectivity index (χ4v) is 1.64. The van der Waals surface area contributed by atoms with Gasteiger partial charge in [0.15, 0.2) is 11.5 Å². The maximum atomic E-state index is 11.1.